The lowest BCUT2D eigenvalue weighted by atomic mass is 10.0. The summed E-state index contributed by atoms with van der Waals surface area (Å²) in [5.41, 5.74) is 14.3. The Hall–Kier alpha value is -5.67. The Morgan fingerprint density at radius 2 is 1.85 bits per heavy atom. The Morgan fingerprint density at radius 3 is 2.54 bits per heavy atom. The molecule has 0 unspecified atom stereocenters. The highest BCUT2D eigenvalue weighted by molar-refractivity contribution is 5.96. The van der Waals surface area contributed by atoms with Gasteiger partial charge in [0.05, 0.1) is 24.9 Å². The molecular weight excluding hydrogens is 620 g/mol. The van der Waals surface area contributed by atoms with Crippen LogP contribution in [0.25, 0.3) is 5.65 Å². The second kappa shape index (κ2) is 14.0. The van der Waals surface area contributed by atoms with Crippen molar-refractivity contribution in [2.45, 2.75) is 32.0 Å². The molecule has 1 atom stereocenters. The molecule has 0 saturated carbocycles. The smallest absolute Gasteiger partial charge is 0.354 e. The van der Waals surface area contributed by atoms with E-state index < -0.39 is 28.7 Å². The van der Waals surface area contributed by atoms with Gasteiger partial charge in [0.2, 0.25) is 0 Å². The van der Waals surface area contributed by atoms with Crippen molar-refractivity contribution in [3.8, 4) is 0 Å². The van der Waals surface area contributed by atoms with Gasteiger partial charge in [-0.2, -0.15) is 4.52 Å². The maximum absolute atomic E-state index is 12.7. The zero-order valence-electron chi connectivity index (χ0n) is 24.4. The Kier molecular flexibility index (Phi) is 10.1. The van der Waals surface area contributed by atoms with Crippen LogP contribution in [-0.2, 0) is 24.2 Å². The van der Waals surface area contributed by atoms with E-state index >= 15 is 0 Å². The number of nitrogens with zero attached hydrogens (tertiary/aromatic N) is 4. The third-order valence-electron chi connectivity index (χ3n) is 7.31. The molecule has 46 heavy (non-hydrogen) atoms. The van der Waals surface area contributed by atoms with Crippen molar-refractivity contribution in [1.29, 1.82) is 0 Å². The molecular formula is C30H29ClN8O7. The third kappa shape index (κ3) is 6.69. The Balaban J connectivity index is 0.000000230. The summed E-state index contributed by atoms with van der Waals surface area (Å²) in [5, 5.41) is 22.3. The molecule has 6 rings (SSSR count). The predicted molar refractivity (Wildman–Crippen MR) is 169 cm³/mol. The topological polar surface area (TPSA) is 234 Å². The summed E-state index contributed by atoms with van der Waals surface area (Å²) in [6.45, 7) is 0.916. The SMILES string of the molecule is COC(=O)c1ccc2c(c1)CC[C@@H]2NC(=O)c1cc(C(=O)O)n2nncc2n1.Cl.NCc1cccc(CNc2c(N)c(=O)c2=O)c1. The first kappa shape index (κ1) is 33.2. The minimum Gasteiger partial charge on any atom is -0.477 e. The minimum absolute atomic E-state index is 0. The lowest BCUT2D eigenvalue weighted by Crippen LogP contribution is -2.36. The number of hydrogen-bond acceptors (Lipinski definition) is 12. The van der Waals surface area contributed by atoms with Crippen LogP contribution in [0, 0.1) is 0 Å². The highest BCUT2D eigenvalue weighted by Gasteiger charge is 2.27. The first-order valence-electron chi connectivity index (χ1n) is 13.7. The molecule has 7 N–H and O–H groups in total. The van der Waals surface area contributed by atoms with Crippen molar-refractivity contribution in [3.63, 3.8) is 0 Å². The third-order valence-corrected chi connectivity index (χ3v) is 7.31. The number of nitrogen functional groups attached to an aromatic ring is 1. The van der Waals surface area contributed by atoms with Gasteiger partial charge >= 0.3 is 11.9 Å². The Labute approximate surface area is 266 Å². The molecule has 0 bridgehead atoms. The molecule has 1 amide bonds. The largest absolute Gasteiger partial charge is 0.477 e. The number of hydrogen-bond donors (Lipinski definition) is 5. The van der Waals surface area contributed by atoms with Crippen LogP contribution in [-0.4, -0.2) is 49.9 Å². The molecule has 1 aliphatic rings. The minimum atomic E-state index is -1.24. The number of anilines is 2. The zero-order chi connectivity index (χ0) is 32.2. The number of carbonyl (C=O) groups excluding carboxylic acids is 2. The number of methoxy groups -OCH3 is 1. The number of fused-ring (bicyclic) bond motifs is 2. The van der Waals surface area contributed by atoms with Crippen molar-refractivity contribution >= 4 is 47.3 Å². The highest BCUT2D eigenvalue weighted by atomic mass is 35.5. The highest BCUT2D eigenvalue weighted by Crippen LogP contribution is 2.32. The molecule has 238 valence electrons. The van der Waals surface area contributed by atoms with Gasteiger partial charge in [0.25, 0.3) is 16.8 Å². The Bertz CT molecular complexity index is 2020. The zero-order valence-corrected chi connectivity index (χ0v) is 25.2. The predicted octanol–water partition coefficient (Wildman–Crippen LogP) is 1.38. The number of rotatable bonds is 8. The van der Waals surface area contributed by atoms with Crippen molar-refractivity contribution < 1.29 is 24.2 Å². The van der Waals surface area contributed by atoms with Crippen LogP contribution < -0.4 is 33.0 Å². The van der Waals surface area contributed by atoms with E-state index in [1.807, 2.05) is 24.3 Å². The molecule has 0 aliphatic heterocycles. The molecule has 0 spiro atoms. The van der Waals surface area contributed by atoms with Crippen LogP contribution in [0.4, 0.5) is 11.4 Å². The van der Waals surface area contributed by atoms with E-state index in [-0.39, 0.29) is 46.9 Å². The van der Waals surface area contributed by atoms with Gasteiger partial charge in [-0.15, -0.1) is 17.5 Å². The van der Waals surface area contributed by atoms with Crippen LogP contribution in [0.1, 0.15) is 66.1 Å². The number of halogens is 1. The molecule has 0 fully saturated rings. The first-order valence-corrected chi connectivity index (χ1v) is 13.7. The van der Waals surface area contributed by atoms with Gasteiger partial charge in [0, 0.05) is 19.2 Å². The van der Waals surface area contributed by atoms with E-state index in [0.717, 1.165) is 32.8 Å². The molecule has 2 heterocycles. The van der Waals surface area contributed by atoms with Crippen LogP contribution in [0.2, 0.25) is 0 Å². The summed E-state index contributed by atoms with van der Waals surface area (Å²) in [6.07, 6.45) is 2.64. The summed E-state index contributed by atoms with van der Waals surface area (Å²) < 4.78 is 5.78. The number of aryl methyl sites for hydroxylation is 1. The number of benzene rings is 2. The number of nitrogens with one attached hydrogen (secondary N) is 2. The first-order chi connectivity index (χ1) is 21.6. The quantitative estimate of drug-likeness (QED) is 0.118. The van der Waals surface area contributed by atoms with Gasteiger partial charge in [-0.25, -0.2) is 14.6 Å². The average molecular weight is 649 g/mol. The number of esters is 1. The van der Waals surface area contributed by atoms with Gasteiger partial charge < -0.3 is 31.9 Å². The lowest BCUT2D eigenvalue weighted by molar-refractivity contribution is 0.0599. The van der Waals surface area contributed by atoms with E-state index in [9.17, 15) is 29.1 Å². The number of nitrogens with two attached hydrogens (primary N) is 2. The number of carboxylic acids is 1. The van der Waals surface area contributed by atoms with Gasteiger partial charge in [0.15, 0.2) is 11.3 Å². The molecule has 0 saturated heterocycles. The summed E-state index contributed by atoms with van der Waals surface area (Å²) in [4.78, 5) is 61.9. The number of aromatic carboxylic acids is 1. The average Bonchev–Trinajstić information content (AvgIpc) is 3.70. The number of aromatic nitrogens is 4. The fraction of sp³-hybridized carbons (Fsp3) is 0.200. The Morgan fingerprint density at radius 1 is 1.09 bits per heavy atom. The normalized spacial score (nSPS) is 13.2. The summed E-state index contributed by atoms with van der Waals surface area (Å²) in [7, 11) is 1.32. The van der Waals surface area contributed by atoms with Gasteiger partial charge in [-0.1, -0.05) is 35.5 Å². The van der Waals surface area contributed by atoms with E-state index in [1.165, 1.54) is 13.3 Å². The van der Waals surface area contributed by atoms with E-state index in [1.54, 1.807) is 18.2 Å². The molecule has 3 aromatic carbocycles. The number of carbonyl (C=O) groups is 3. The lowest BCUT2D eigenvalue weighted by Gasteiger charge is -2.14. The van der Waals surface area contributed by atoms with E-state index in [4.69, 9.17) is 16.2 Å². The van der Waals surface area contributed by atoms with Crippen molar-refractivity contribution in [3.05, 3.63) is 114 Å². The molecule has 2 aromatic heterocycles. The molecule has 1 aliphatic carbocycles. The van der Waals surface area contributed by atoms with Crippen LogP contribution >= 0.6 is 12.4 Å². The molecule has 5 aromatic rings. The maximum Gasteiger partial charge on any atom is 0.354 e. The summed E-state index contributed by atoms with van der Waals surface area (Å²) >= 11 is 0. The van der Waals surface area contributed by atoms with E-state index in [0.29, 0.717) is 31.5 Å². The number of carboxylic acid groups (broad SMARTS) is 1. The molecule has 16 heteroatoms. The van der Waals surface area contributed by atoms with Crippen LogP contribution in [0.3, 0.4) is 0 Å². The summed E-state index contributed by atoms with van der Waals surface area (Å²) in [5.74, 6) is -2.15. The van der Waals surface area contributed by atoms with E-state index in [2.05, 4.69) is 25.9 Å². The van der Waals surface area contributed by atoms with Crippen molar-refractivity contribution in [2.75, 3.05) is 18.2 Å². The second-order valence-corrected chi connectivity index (χ2v) is 10.1. The van der Waals surface area contributed by atoms with Gasteiger partial charge in [-0.3, -0.25) is 14.4 Å². The fourth-order valence-corrected chi connectivity index (χ4v) is 4.98. The molecule has 15 nitrogen and oxygen atoms in total. The van der Waals surface area contributed by atoms with Crippen LogP contribution in [0.5, 0.6) is 0 Å². The van der Waals surface area contributed by atoms with Crippen molar-refractivity contribution in [2.24, 2.45) is 5.73 Å². The van der Waals surface area contributed by atoms with Crippen molar-refractivity contribution in [1.82, 2.24) is 25.1 Å². The second-order valence-electron chi connectivity index (χ2n) is 10.1. The van der Waals surface area contributed by atoms with Crippen LogP contribution in [0.15, 0.2) is 64.3 Å². The standard InChI is InChI=1S/C18H15N5O5.C12H13N3O2.ClH/c1-28-18(27)10-2-4-11-9(6-10)3-5-12(11)21-16(24)13-7-14(17(25)26)23-15(20-13)8-19-22-23;13-5-7-2-1-3-8(4-7)6-15-10-9(14)11(16)12(10)17;/h2,4,6-8,12H,3,5H2,1H3,(H,21,24)(H,25,26);1-4,15H,5-6,13-14H2;1H/t12-;;/m0../s1. The number of amides is 1. The number of ether oxygens (including phenoxy) is 1. The maximum atomic E-state index is 12.7. The molecule has 0 radical (unpaired) electrons. The fourth-order valence-electron chi connectivity index (χ4n) is 4.98. The van der Waals surface area contributed by atoms with Gasteiger partial charge in [-0.05, 0) is 47.2 Å². The summed E-state index contributed by atoms with van der Waals surface area (Å²) in [6, 6.07) is 13.8. The van der Waals surface area contributed by atoms with Gasteiger partial charge in [0.1, 0.15) is 17.1 Å². The monoisotopic (exact) mass is 648 g/mol.